The molecule has 0 spiro atoms. The predicted molar refractivity (Wildman–Crippen MR) is 91.2 cm³/mol. The van der Waals surface area contributed by atoms with E-state index in [1.165, 1.54) is 38.4 Å². The molecule has 0 unspecified atom stereocenters. The summed E-state index contributed by atoms with van der Waals surface area (Å²) in [6.45, 7) is 7.19. The first-order valence-electron chi connectivity index (χ1n) is 7.62. The first kappa shape index (κ1) is 12.9. The Morgan fingerprint density at radius 2 is 1.52 bits per heavy atom. The molecule has 0 aliphatic heterocycles. The smallest absolute Gasteiger partial charge is 0.111 e. The zero-order chi connectivity index (χ0) is 14.6. The van der Waals surface area contributed by atoms with Gasteiger partial charge in [0.05, 0.1) is 14.3 Å². The van der Waals surface area contributed by atoms with E-state index in [2.05, 4.69) is 56.0 Å². The second-order valence-electron chi connectivity index (χ2n) is 7.12. The van der Waals surface area contributed by atoms with Gasteiger partial charge in [0.15, 0.2) is 0 Å². The third kappa shape index (κ3) is 2.06. The lowest BCUT2D eigenvalue weighted by Crippen LogP contribution is -2.39. The molecule has 0 fully saturated rings. The predicted octanol–water partition coefficient (Wildman–Crippen LogP) is 4.47. The summed E-state index contributed by atoms with van der Waals surface area (Å²) in [6, 6.07) is 13.3. The van der Waals surface area contributed by atoms with Crippen LogP contribution in [0.2, 0.25) is 19.6 Å². The molecule has 1 nitrogen and oxygen atoms in total. The van der Waals surface area contributed by atoms with E-state index in [-0.39, 0.29) is 0 Å². The fourth-order valence-electron chi connectivity index (χ4n) is 3.42. The van der Waals surface area contributed by atoms with Gasteiger partial charge >= 0.3 is 0 Å². The largest absolute Gasteiger partial charge is 0.469 e. The molecule has 106 valence electrons. The van der Waals surface area contributed by atoms with Crippen molar-refractivity contribution >= 4 is 24.0 Å². The Bertz CT molecular complexity index is 836. The van der Waals surface area contributed by atoms with Gasteiger partial charge in [0.1, 0.15) is 5.76 Å². The van der Waals surface area contributed by atoms with Crippen molar-refractivity contribution < 1.29 is 4.42 Å². The van der Waals surface area contributed by atoms with Crippen LogP contribution in [0, 0.1) is 0 Å². The molecule has 1 heterocycles. The fourth-order valence-corrected chi connectivity index (χ4v) is 4.97. The van der Waals surface area contributed by atoms with Crippen molar-refractivity contribution in [3.8, 4) is 0 Å². The van der Waals surface area contributed by atoms with Crippen molar-refractivity contribution in [2.45, 2.75) is 32.5 Å². The van der Waals surface area contributed by atoms with E-state index in [9.17, 15) is 0 Å². The molecule has 3 aromatic rings. The van der Waals surface area contributed by atoms with Crippen molar-refractivity contribution in [1.82, 2.24) is 0 Å². The highest BCUT2D eigenvalue weighted by Crippen LogP contribution is 2.31. The number of hydrogen-bond donors (Lipinski definition) is 0. The molecule has 0 saturated carbocycles. The zero-order valence-electron chi connectivity index (χ0n) is 12.9. The molecule has 1 aromatic heterocycles. The molecule has 0 N–H and O–H groups in total. The highest BCUT2D eigenvalue weighted by molar-refractivity contribution is 6.89. The van der Waals surface area contributed by atoms with Gasteiger partial charge in [0.2, 0.25) is 0 Å². The Morgan fingerprint density at radius 1 is 0.905 bits per heavy atom. The zero-order valence-corrected chi connectivity index (χ0v) is 13.9. The van der Waals surface area contributed by atoms with Crippen LogP contribution in [0.3, 0.4) is 0 Å². The Labute approximate surface area is 126 Å². The average molecular weight is 292 g/mol. The van der Waals surface area contributed by atoms with Crippen LogP contribution in [-0.2, 0) is 12.8 Å². The SMILES string of the molecule is C[Si](C)(C)c1coc2c1Cc1cc3ccccc3cc1C2. The monoisotopic (exact) mass is 292 g/mol. The quantitative estimate of drug-likeness (QED) is 0.472. The summed E-state index contributed by atoms with van der Waals surface area (Å²) in [6.07, 6.45) is 4.01. The summed E-state index contributed by atoms with van der Waals surface area (Å²) < 4.78 is 5.92. The molecular weight excluding hydrogens is 272 g/mol. The summed E-state index contributed by atoms with van der Waals surface area (Å²) in [7, 11) is -1.33. The normalized spacial score (nSPS) is 14.0. The van der Waals surface area contributed by atoms with Crippen LogP contribution in [0.15, 0.2) is 47.1 Å². The average Bonchev–Trinajstić information content (AvgIpc) is 2.85. The molecule has 4 rings (SSSR count). The Kier molecular flexibility index (Phi) is 2.67. The van der Waals surface area contributed by atoms with Gasteiger partial charge in [0, 0.05) is 12.8 Å². The number of benzene rings is 2. The van der Waals surface area contributed by atoms with Crippen LogP contribution in [-0.4, -0.2) is 8.07 Å². The molecule has 2 aromatic carbocycles. The number of rotatable bonds is 1. The number of hydrogen-bond acceptors (Lipinski definition) is 1. The van der Waals surface area contributed by atoms with Crippen LogP contribution in [0.25, 0.3) is 10.8 Å². The molecule has 0 bridgehead atoms. The second-order valence-corrected chi connectivity index (χ2v) is 12.2. The summed E-state index contributed by atoms with van der Waals surface area (Å²) in [5.74, 6) is 1.19. The highest BCUT2D eigenvalue weighted by Gasteiger charge is 2.28. The van der Waals surface area contributed by atoms with Gasteiger partial charge in [-0.2, -0.15) is 0 Å². The lowest BCUT2D eigenvalue weighted by molar-refractivity contribution is 0.514. The molecule has 1 aliphatic rings. The van der Waals surface area contributed by atoms with E-state index in [0.29, 0.717) is 0 Å². The third-order valence-electron chi connectivity index (χ3n) is 4.57. The van der Waals surface area contributed by atoms with Crippen molar-refractivity contribution in [2.24, 2.45) is 0 Å². The van der Waals surface area contributed by atoms with Gasteiger partial charge < -0.3 is 4.42 Å². The second kappa shape index (κ2) is 4.34. The van der Waals surface area contributed by atoms with E-state index >= 15 is 0 Å². The van der Waals surface area contributed by atoms with Crippen LogP contribution in [0.1, 0.15) is 22.5 Å². The van der Waals surface area contributed by atoms with Gasteiger partial charge in [-0.25, -0.2) is 0 Å². The molecule has 1 aliphatic carbocycles. The van der Waals surface area contributed by atoms with E-state index in [1.807, 2.05) is 6.26 Å². The first-order valence-corrected chi connectivity index (χ1v) is 11.1. The summed E-state index contributed by atoms with van der Waals surface area (Å²) in [5, 5.41) is 4.17. The Hall–Kier alpha value is -1.80. The van der Waals surface area contributed by atoms with E-state index in [1.54, 1.807) is 0 Å². The summed E-state index contributed by atoms with van der Waals surface area (Å²) in [5.41, 5.74) is 4.37. The third-order valence-corrected chi connectivity index (χ3v) is 6.61. The van der Waals surface area contributed by atoms with E-state index in [4.69, 9.17) is 4.42 Å². The molecule has 0 radical (unpaired) electrons. The number of furan rings is 1. The van der Waals surface area contributed by atoms with Crippen LogP contribution in [0.4, 0.5) is 0 Å². The fraction of sp³-hybridized carbons (Fsp3) is 0.263. The minimum Gasteiger partial charge on any atom is -0.469 e. The molecule has 2 heteroatoms. The Balaban J connectivity index is 1.86. The topological polar surface area (TPSA) is 13.1 Å². The molecule has 0 saturated heterocycles. The van der Waals surface area contributed by atoms with Gasteiger partial charge in [0.25, 0.3) is 0 Å². The summed E-state index contributed by atoms with van der Waals surface area (Å²) >= 11 is 0. The van der Waals surface area contributed by atoms with Crippen LogP contribution < -0.4 is 5.19 Å². The minimum atomic E-state index is -1.33. The maximum Gasteiger partial charge on any atom is 0.111 e. The number of fused-ring (bicyclic) bond motifs is 3. The lowest BCUT2D eigenvalue weighted by Gasteiger charge is -2.21. The highest BCUT2D eigenvalue weighted by atomic mass is 28.3. The molecule has 0 amide bonds. The molecular formula is C19H20OSi. The molecule has 21 heavy (non-hydrogen) atoms. The Morgan fingerprint density at radius 3 is 2.14 bits per heavy atom. The van der Waals surface area contributed by atoms with E-state index in [0.717, 1.165) is 12.8 Å². The lowest BCUT2D eigenvalue weighted by atomic mass is 9.88. The molecule has 0 atom stereocenters. The van der Waals surface area contributed by atoms with Gasteiger partial charge in [-0.15, -0.1) is 0 Å². The van der Waals surface area contributed by atoms with Crippen molar-refractivity contribution in [3.63, 3.8) is 0 Å². The maximum absolute atomic E-state index is 5.92. The summed E-state index contributed by atoms with van der Waals surface area (Å²) in [4.78, 5) is 0. The van der Waals surface area contributed by atoms with Gasteiger partial charge in [-0.05, 0) is 32.6 Å². The van der Waals surface area contributed by atoms with Crippen molar-refractivity contribution in [3.05, 3.63) is 65.1 Å². The van der Waals surface area contributed by atoms with Crippen molar-refractivity contribution in [1.29, 1.82) is 0 Å². The maximum atomic E-state index is 5.92. The standard InChI is InChI=1S/C19H20OSi/c1-21(2,3)19-12-20-18-11-16-9-14-7-5-4-6-13(14)8-15(16)10-17(18)19/h4-9,12H,10-11H2,1-3H3. The van der Waals surface area contributed by atoms with E-state index < -0.39 is 8.07 Å². The van der Waals surface area contributed by atoms with Crippen LogP contribution in [0.5, 0.6) is 0 Å². The van der Waals surface area contributed by atoms with Crippen LogP contribution >= 0.6 is 0 Å². The first-order chi connectivity index (χ1) is 10.0. The van der Waals surface area contributed by atoms with Gasteiger partial charge in [-0.3, -0.25) is 0 Å². The van der Waals surface area contributed by atoms with Gasteiger partial charge in [-0.1, -0.05) is 56.0 Å². The minimum absolute atomic E-state index is 0.944. The van der Waals surface area contributed by atoms with Crippen molar-refractivity contribution in [2.75, 3.05) is 0 Å².